The van der Waals surface area contributed by atoms with Gasteiger partial charge in [-0.2, -0.15) is 4.68 Å². The highest BCUT2D eigenvalue weighted by Crippen LogP contribution is 2.23. The van der Waals surface area contributed by atoms with Crippen molar-refractivity contribution in [1.29, 1.82) is 0 Å². The number of hydrogen-bond donors (Lipinski definition) is 0. The highest BCUT2D eigenvalue weighted by molar-refractivity contribution is 7.13. The molecule has 2 heterocycles. The van der Waals surface area contributed by atoms with Gasteiger partial charge in [-0.3, -0.25) is 4.79 Å². The second kappa shape index (κ2) is 5.09. The van der Waals surface area contributed by atoms with Gasteiger partial charge in [0.15, 0.2) is 6.29 Å². The molecule has 0 spiro atoms. The lowest BCUT2D eigenvalue weighted by Gasteiger charge is -1.98. The Hall–Kier alpha value is -2.02. The first-order valence-electron chi connectivity index (χ1n) is 5.38. The molecular weight excluding hydrogens is 254 g/mol. The van der Waals surface area contributed by atoms with E-state index in [1.807, 2.05) is 13.0 Å². The minimum absolute atomic E-state index is 0.168. The van der Waals surface area contributed by atoms with E-state index in [9.17, 15) is 14.9 Å². The van der Waals surface area contributed by atoms with Crippen molar-refractivity contribution in [2.45, 2.75) is 19.9 Å². The van der Waals surface area contributed by atoms with E-state index in [1.165, 1.54) is 22.1 Å². The quantitative estimate of drug-likeness (QED) is 0.472. The van der Waals surface area contributed by atoms with Crippen LogP contribution in [0.1, 0.15) is 27.0 Å². The molecule has 2 rings (SSSR count). The summed E-state index contributed by atoms with van der Waals surface area (Å²) in [5.74, 6) is -0.168. The SMILES string of the molecule is CCc1sc(C=O)cc1Cn1ccc([N+](=O)[O-])n1. The lowest BCUT2D eigenvalue weighted by Crippen LogP contribution is -2.02. The van der Waals surface area contributed by atoms with Crippen LogP contribution in [0.5, 0.6) is 0 Å². The second-order valence-electron chi connectivity index (χ2n) is 3.70. The molecule has 94 valence electrons. The molecule has 0 aliphatic carbocycles. The summed E-state index contributed by atoms with van der Waals surface area (Å²) in [7, 11) is 0. The van der Waals surface area contributed by atoms with Crippen molar-refractivity contribution < 1.29 is 9.72 Å². The number of nitrogens with zero attached hydrogens (tertiary/aromatic N) is 3. The summed E-state index contributed by atoms with van der Waals surface area (Å²) in [5, 5.41) is 14.4. The lowest BCUT2D eigenvalue weighted by atomic mass is 10.2. The molecule has 6 nitrogen and oxygen atoms in total. The van der Waals surface area contributed by atoms with Crippen LogP contribution in [0.2, 0.25) is 0 Å². The first kappa shape index (κ1) is 12.4. The number of nitro groups is 1. The van der Waals surface area contributed by atoms with Gasteiger partial charge in [0.1, 0.15) is 0 Å². The van der Waals surface area contributed by atoms with Crippen molar-refractivity contribution in [1.82, 2.24) is 9.78 Å². The largest absolute Gasteiger partial charge is 0.389 e. The van der Waals surface area contributed by atoms with Gasteiger partial charge in [-0.15, -0.1) is 11.3 Å². The van der Waals surface area contributed by atoms with Crippen LogP contribution in [-0.2, 0) is 13.0 Å². The van der Waals surface area contributed by atoms with E-state index in [1.54, 1.807) is 6.20 Å². The number of rotatable bonds is 5. The molecule has 0 bridgehead atoms. The number of aromatic nitrogens is 2. The van der Waals surface area contributed by atoms with Gasteiger partial charge in [0, 0.05) is 4.88 Å². The fourth-order valence-electron chi connectivity index (χ4n) is 1.69. The van der Waals surface area contributed by atoms with Crippen LogP contribution in [0.3, 0.4) is 0 Å². The van der Waals surface area contributed by atoms with E-state index in [-0.39, 0.29) is 5.82 Å². The third-order valence-electron chi connectivity index (χ3n) is 2.50. The van der Waals surface area contributed by atoms with E-state index in [2.05, 4.69) is 5.10 Å². The van der Waals surface area contributed by atoms with Crippen LogP contribution in [0.25, 0.3) is 0 Å². The van der Waals surface area contributed by atoms with Gasteiger partial charge >= 0.3 is 5.82 Å². The Kier molecular flexibility index (Phi) is 3.52. The number of hydrogen-bond acceptors (Lipinski definition) is 5. The van der Waals surface area contributed by atoms with Crippen molar-refractivity contribution in [2.24, 2.45) is 0 Å². The molecule has 0 aliphatic heterocycles. The Morgan fingerprint density at radius 2 is 2.39 bits per heavy atom. The molecule has 0 N–H and O–H groups in total. The van der Waals surface area contributed by atoms with Gasteiger partial charge in [0.05, 0.1) is 28.8 Å². The Bertz CT molecular complexity index is 588. The molecule has 0 unspecified atom stereocenters. The molecule has 0 aromatic carbocycles. The fraction of sp³-hybridized carbons (Fsp3) is 0.273. The molecule has 0 amide bonds. The summed E-state index contributed by atoms with van der Waals surface area (Å²) in [6, 6.07) is 3.17. The zero-order valence-electron chi connectivity index (χ0n) is 9.70. The number of thiophene rings is 1. The van der Waals surface area contributed by atoms with Crippen molar-refractivity contribution in [3.05, 3.63) is 43.8 Å². The van der Waals surface area contributed by atoms with E-state index >= 15 is 0 Å². The molecule has 0 radical (unpaired) electrons. The molecule has 2 aromatic heterocycles. The van der Waals surface area contributed by atoms with E-state index < -0.39 is 4.92 Å². The van der Waals surface area contributed by atoms with Crippen molar-refractivity contribution in [2.75, 3.05) is 0 Å². The van der Waals surface area contributed by atoms with Crippen LogP contribution >= 0.6 is 11.3 Å². The van der Waals surface area contributed by atoms with Gasteiger partial charge in [0.25, 0.3) is 0 Å². The van der Waals surface area contributed by atoms with Crippen LogP contribution < -0.4 is 0 Å². The topological polar surface area (TPSA) is 78.0 Å². The van der Waals surface area contributed by atoms with Gasteiger partial charge in [-0.25, -0.2) is 0 Å². The smallest absolute Gasteiger partial charge is 0.358 e. The Morgan fingerprint density at radius 1 is 1.61 bits per heavy atom. The number of aldehydes is 1. The normalized spacial score (nSPS) is 10.5. The zero-order chi connectivity index (χ0) is 13.1. The van der Waals surface area contributed by atoms with E-state index in [0.29, 0.717) is 11.4 Å². The maximum Gasteiger partial charge on any atom is 0.389 e. The van der Waals surface area contributed by atoms with Crippen molar-refractivity contribution in [3.63, 3.8) is 0 Å². The standard InChI is InChI=1S/C11H11N3O3S/c1-2-10-8(5-9(7-15)18-10)6-13-4-3-11(12-13)14(16)17/h3-5,7H,2,6H2,1H3. The molecule has 0 saturated heterocycles. The monoisotopic (exact) mass is 265 g/mol. The molecule has 0 saturated carbocycles. The Balaban J connectivity index is 2.24. The van der Waals surface area contributed by atoms with Crippen molar-refractivity contribution >= 4 is 23.4 Å². The first-order valence-corrected chi connectivity index (χ1v) is 6.20. The fourth-order valence-corrected chi connectivity index (χ4v) is 2.62. The summed E-state index contributed by atoms with van der Waals surface area (Å²) in [5.41, 5.74) is 0.989. The van der Waals surface area contributed by atoms with E-state index in [4.69, 9.17) is 0 Å². The van der Waals surface area contributed by atoms with Crippen molar-refractivity contribution in [3.8, 4) is 0 Å². The molecule has 0 atom stereocenters. The minimum Gasteiger partial charge on any atom is -0.358 e. The van der Waals surface area contributed by atoms with Gasteiger partial charge in [-0.05, 0) is 23.0 Å². The molecule has 7 heteroatoms. The third-order valence-corrected chi connectivity index (χ3v) is 3.75. The maximum absolute atomic E-state index is 10.7. The summed E-state index contributed by atoms with van der Waals surface area (Å²) in [4.78, 5) is 22.5. The number of carbonyl (C=O) groups excluding carboxylic acids is 1. The zero-order valence-corrected chi connectivity index (χ0v) is 10.5. The number of aryl methyl sites for hydroxylation is 1. The molecule has 0 fully saturated rings. The van der Waals surface area contributed by atoms with Crippen LogP contribution in [0.15, 0.2) is 18.3 Å². The van der Waals surface area contributed by atoms with E-state index in [0.717, 1.165) is 23.1 Å². The van der Waals surface area contributed by atoms with Crippen LogP contribution in [-0.4, -0.2) is 21.0 Å². The first-order chi connectivity index (χ1) is 8.63. The summed E-state index contributed by atoms with van der Waals surface area (Å²) in [6.45, 7) is 2.46. The molecule has 18 heavy (non-hydrogen) atoms. The van der Waals surface area contributed by atoms with Gasteiger partial charge in [-0.1, -0.05) is 6.92 Å². The Morgan fingerprint density at radius 3 is 2.94 bits per heavy atom. The highest BCUT2D eigenvalue weighted by atomic mass is 32.1. The molecular formula is C11H11N3O3S. The summed E-state index contributed by atoms with van der Waals surface area (Å²) in [6.07, 6.45) is 3.21. The predicted octanol–water partition coefficient (Wildman–Crippen LogP) is 2.28. The minimum atomic E-state index is -0.526. The third kappa shape index (κ3) is 2.45. The number of carbonyl (C=O) groups is 1. The van der Waals surface area contributed by atoms with Gasteiger partial charge in [0.2, 0.25) is 0 Å². The summed E-state index contributed by atoms with van der Waals surface area (Å²) < 4.78 is 1.51. The molecule has 0 aliphatic rings. The highest BCUT2D eigenvalue weighted by Gasteiger charge is 2.13. The average Bonchev–Trinajstić information content (AvgIpc) is 2.96. The molecule has 2 aromatic rings. The lowest BCUT2D eigenvalue weighted by molar-refractivity contribution is -0.389. The Labute approximate surface area is 107 Å². The van der Waals surface area contributed by atoms with Crippen LogP contribution in [0, 0.1) is 10.1 Å². The maximum atomic E-state index is 10.7. The second-order valence-corrected chi connectivity index (χ2v) is 4.87. The summed E-state index contributed by atoms with van der Waals surface area (Å²) >= 11 is 1.45. The predicted molar refractivity (Wildman–Crippen MR) is 67.1 cm³/mol. The average molecular weight is 265 g/mol. The van der Waals surface area contributed by atoms with Crippen LogP contribution in [0.4, 0.5) is 5.82 Å². The van der Waals surface area contributed by atoms with Gasteiger partial charge < -0.3 is 10.1 Å².